The number of carbonyl (C=O) groups is 2. The second-order valence-corrected chi connectivity index (χ2v) is 8.42. The third kappa shape index (κ3) is 3.41. The number of carbonyl (C=O) groups excluding carboxylic acids is 2. The molecule has 0 aromatic carbocycles. The Kier molecular flexibility index (Phi) is 5.09. The number of aliphatic hydroxyl groups excluding tert-OH is 1. The molecule has 3 aliphatic heterocycles. The lowest BCUT2D eigenvalue weighted by atomic mass is 9.79. The van der Waals surface area contributed by atoms with E-state index in [-0.39, 0.29) is 11.9 Å². The molecule has 1 N–H and O–H groups in total. The number of aliphatic hydroxyl groups is 1. The number of rotatable bonds is 0. The van der Waals surface area contributed by atoms with Crippen molar-refractivity contribution in [1.29, 1.82) is 0 Å². The molecule has 0 aromatic heterocycles. The molecular weight excluding hydrogens is 320 g/mol. The summed E-state index contributed by atoms with van der Waals surface area (Å²) in [6, 6.07) is 0. The highest BCUT2D eigenvalue weighted by atomic mass is 16.6. The summed E-state index contributed by atoms with van der Waals surface area (Å²) in [6.07, 6.45) is 4.23. The molecule has 0 aromatic rings. The molecule has 0 radical (unpaired) electrons. The third-order valence-corrected chi connectivity index (χ3v) is 6.37. The Morgan fingerprint density at radius 2 is 1.96 bits per heavy atom. The fourth-order valence-electron chi connectivity index (χ4n) is 4.57. The Morgan fingerprint density at radius 1 is 1.24 bits per heavy atom. The standard InChI is InChI=1S/C20H30O5/c1-11-6-5-7-12(2)15-8-9-20(4,25-15)18(22)17-16(14(21)10-11)13(3)19(23)24-17/h6,12-13,15-18,22H,5,7-10H2,1-4H3/b11-6+/t12-,13+,15+,16-,17-,18+,20-/m0/s1. The maximum absolute atomic E-state index is 12.9. The van der Waals surface area contributed by atoms with Crippen LogP contribution >= 0.6 is 0 Å². The van der Waals surface area contributed by atoms with Gasteiger partial charge in [-0.2, -0.15) is 0 Å². The molecule has 0 amide bonds. The van der Waals surface area contributed by atoms with Gasteiger partial charge in [-0.3, -0.25) is 9.59 Å². The summed E-state index contributed by atoms with van der Waals surface area (Å²) in [4.78, 5) is 25.0. The summed E-state index contributed by atoms with van der Waals surface area (Å²) >= 11 is 0. The molecule has 0 unspecified atom stereocenters. The maximum Gasteiger partial charge on any atom is 0.309 e. The first-order valence-electron chi connectivity index (χ1n) is 9.47. The van der Waals surface area contributed by atoms with Crippen molar-refractivity contribution in [3.63, 3.8) is 0 Å². The normalized spacial score (nSPS) is 47.8. The number of hydrogen-bond donors (Lipinski definition) is 1. The van der Waals surface area contributed by atoms with Crippen LogP contribution in [-0.2, 0) is 19.1 Å². The number of allylic oxidation sites excluding steroid dienone is 2. The number of esters is 1. The Hall–Kier alpha value is -1.20. The number of fused-ring (bicyclic) bond motifs is 3. The summed E-state index contributed by atoms with van der Waals surface area (Å²) in [5.41, 5.74) is 0.247. The van der Waals surface area contributed by atoms with Crippen LogP contribution < -0.4 is 0 Å². The zero-order valence-electron chi connectivity index (χ0n) is 15.7. The molecule has 0 saturated carbocycles. The average molecular weight is 350 g/mol. The van der Waals surface area contributed by atoms with Gasteiger partial charge in [0.25, 0.3) is 0 Å². The molecule has 0 aliphatic carbocycles. The zero-order chi connectivity index (χ0) is 18.4. The first-order valence-corrected chi connectivity index (χ1v) is 9.47. The second kappa shape index (κ2) is 6.84. The second-order valence-electron chi connectivity index (χ2n) is 8.42. The van der Waals surface area contributed by atoms with E-state index in [9.17, 15) is 14.7 Å². The number of Topliss-reactive ketones (excluding diaryl/α,β-unsaturated/α-hetero) is 1. The minimum absolute atomic E-state index is 0.0263. The highest BCUT2D eigenvalue weighted by Crippen LogP contribution is 2.43. The van der Waals surface area contributed by atoms with Crippen molar-refractivity contribution in [2.24, 2.45) is 17.8 Å². The monoisotopic (exact) mass is 350 g/mol. The first-order chi connectivity index (χ1) is 11.7. The largest absolute Gasteiger partial charge is 0.458 e. The molecular formula is C20H30O5. The summed E-state index contributed by atoms with van der Waals surface area (Å²) in [6.45, 7) is 7.74. The van der Waals surface area contributed by atoms with Crippen molar-refractivity contribution in [2.45, 2.75) is 83.7 Å². The van der Waals surface area contributed by atoms with Crippen LogP contribution in [0.1, 0.15) is 59.8 Å². The van der Waals surface area contributed by atoms with Crippen molar-refractivity contribution < 1.29 is 24.2 Å². The van der Waals surface area contributed by atoms with Gasteiger partial charge in [-0.25, -0.2) is 0 Å². The zero-order valence-corrected chi connectivity index (χ0v) is 15.7. The van der Waals surface area contributed by atoms with Crippen molar-refractivity contribution in [1.82, 2.24) is 0 Å². The quantitative estimate of drug-likeness (QED) is 0.537. The van der Waals surface area contributed by atoms with Gasteiger partial charge in [-0.05, 0) is 45.4 Å². The first kappa shape index (κ1) is 18.6. The van der Waals surface area contributed by atoms with Crippen molar-refractivity contribution in [3.05, 3.63) is 11.6 Å². The van der Waals surface area contributed by atoms with E-state index in [1.165, 1.54) is 0 Å². The third-order valence-electron chi connectivity index (χ3n) is 6.37. The van der Waals surface area contributed by atoms with E-state index >= 15 is 0 Å². The van der Waals surface area contributed by atoms with Crippen LogP contribution in [0.15, 0.2) is 11.6 Å². The van der Waals surface area contributed by atoms with Gasteiger partial charge in [0.1, 0.15) is 18.0 Å². The fraction of sp³-hybridized carbons (Fsp3) is 0.800. The summed E-state index contributed by atoms with van der Waals surface area (Å²) in [5, 5.41) is 11.0. The number of ether oxygens (including phenoxy) is 2. The molecule has 140 valence electrons. The van der Waals surface area contributed by atoms with Gasteiger partial charge in [0.2, 0.25) is 0 Å². The Bertz CT molecular complexity index is 583. The lowest BCUT2D eigenvalue weighted by molar-refractivity contribution is -0.171. The van der Waals surface area contributed by atoms with Crippen LogP contribution in [0.2, 0.25) is 0 Å². The van der Waals surface area contributed by atoms with Gasteiger partial charge < -0.3 is 14.6 Å². The molecule has 2 saturated heterocycles. The average Bonchev–Trinajstić information content (AvgIpc) is 3.08. The topological polar surface area (TPSA) is 72.8 Å². The summed E-state index contributed by atoms with van der Waals surface area (Å²) in [5.74, 6) is -1.17. The minimum Gasteiger partial charge on any atom is -0.458 e. The van der Waals surface area contributed by atoms with Gasteiger partial charge in [0, 0.05) is 6.42 Å². The van der Waals surface area contributed by atoms with E-state index < -0.39 is 35.6 Å². The highest BCUT2D eigenvalue weighted by molar-refractivity contribution is 5.91. The molecule has 3 aliphatic rings. The van der Waals surface area contributed by atoms with Crippen molar-refractivity contribution in [3.8, 4) is 0 Å². The summed E-state index contributed by atoms with van der Waals surface area (Å²) in [7, 11) is 0. The molecule has 2 fully saturated rings. The van der Waals surface area contributed by atoms with Crippen molar-refractivity contribution >= 4 is 11.8 Å². The van der Waals surface area contributed by atoms with E-state index in [0.717, 1.165) is 24.8 Å². The van der Waals surface area contributed by atoms with Crippen LogP contribution in [0.3, 0.4) is 0 Å². The smallest absolute Gasteiger partial charge is 0.309 e. The Labute approximate surface area is 149 Å². The Balaban J connectivity index is 1.95. The van der Waals surface area contributed by atoms with Crippen LogP contribution in [0.25, 0.3) is 0 Å². The Morgan fingerprint density at radius 3 is 2.68 bits per heavy atom. The molecule has 7 atom stereocenters. The molecule has 3 rings (SSSR count). The molecule has 5 nitrogen and oxygen atoms in total. The van der Waals surface area contributed by atoms with Gasteiger partial charge in [-0.1, -0.05) is 25.5 Å². The lowest BCUT2D eigenvalue weighted by Crippen LogP contribution is -2.51. The van der Waals surface area contributed by atoms with E-state index in [1.54, 1.807) is 6.92 Å². The predicted octanol–water partition coefficient (Wildman–Crippen LogP) is 2.80. The lowest BCUT2D eigenvalue weighted by Gasteiger charge is -2.36. The van der Waals surface area contributed by atoms with Crippen LogP contribution in [0.4, 0.5) is 0 Å². The van der Waals surface area contributed by atoms with Crippen molar-refractivity contribution in [2.75, 3.05) is 0 Å². The SMILES string of the molecule is C/C1=C\CC[C@H](C)[C@H]2CC[C@](C)(O2)[C@H](O)[C@H]2OC(=O)[C@H](C)[C@H]2C(=O)C1. The van der Waals surface area contributed by atoms with Gasteiger partial charge in [0.05, 0.1) is 23.5 Å². The minimum atomic E-state index is -0.988. The van der Waals surface area contributed by atoms with Crippen LogP contribution in [0, 0.1) is 17.8 Å². The van der Waals surface area contributed by atoms with Gasteiger partial charge in [0.15, 0.2) is 0 Å². The molecule has 25 heavy (non-hydrogen) atoms. The molecule has 0 spiro atoms. The molecule has 3 heterocycles. The summed E-state index contributed by atoms with van der Waals surface area (Å²) < 4.78 is 11.7. The van der Waals surface area contributed by atoms with Gasteiger partial charge in [-0.15, -0.1) is 0 Å². The molecule has 5 heteroatoms. The van der Waals surface area contributed by atoms with E-state index in [2.05, 4.69) is 13.0 Å². The maximum atomic E-state index is 12.9. The van der Waals surface area contributed by atoms with E-state index in [4.69, 9.17) is 9.47 Å². The highest BCUT2D eigenvalue weighted by Gasteiger charge is 2.55. The fourth-order valence-corrected chi connectivity index (χ4v) is 4.57. The van der Waals surface area contributed by atoms with Crippen LogP contribution in [0.5, 0.6) is 0 Å². The number of hydrogen-bond acceptors (Lipinski definition) is 5. The predicted molar refractivity (Wildman–Crippen MR) is 92.8 cm³/mol. The number of ketones is 1. The molecule has 2 bridgehead atoms. The van der Waals surface area contributed by atoms with Gasteiger partial charge >= 0.3 is 5.97 Å². The van der Waals surface area contributed by atoms with Crippen LogP contribution in [-0.4, -0.2) is 40.8 Å². The van der Waals surface area contributed by atoms with E-state index in [1.807, 2.05) is 13.8 Å². The van der Waals surface area contributed by atoms with E-state index in [0.29, 0.717) is 18.8 Å².